The van der Waals surface area contributed by atoms with Gasteiger partial charge in [0.05, 0.1) is 39.5 Å². The minimum atomic E-state index is -0.682. The molecule has 2 aromatic carbocycles. The van der Waals surface area contributed by atoms with Crippen molar-refractivity contribution in [3.63, 3.8) is 0 Å². The highest BCUT2D eigenvalue weighted by Crippen LogP contribution is 2.56. The molecule has 10 heteroatoms. The van der Waals surface area contributed by atoms with E-state index in [4.69, 9.17) is 23.2 Å². The van der Waals surface area contributed by atoms with Crippen molar-refractivity contribution < 1.29 is 19.3 Å². The zero-order valence-corrected chi connectivity index (χ0v) is 18.8. The second-order valence-electron chi connectivity index (χ2n) is 8.75. The predicted molar refractivity (Wildman–Crippen MR) is 119 cm³/mol. The number of benzene rings is 2. The van der Waals surface area contributed by atoms with Crippen LogP contribution in [0.1, 0.15) is 35.2 Å². The monoisotopic (exact) mass is 487 g/mol. The number of hydrogen-bond donors (Lipinski definition) is 0. The van der Waals surface area contributed by atoms with Gasteiger partial charge in [-0.05, 0) is 55.4 Å². The second kappa shape index (κ2) is 8.11. The minimum Gasteiger partial charge on any atom is -0.272 e. The number of carbonyl (C=O) groups excluding carboxylic acids is 3. The van der Waals surface area contributed by atoms with Gasteiger partial charge in [0.2, 0.25) is 0 Å². The molecular formula is C23H19Cl2N3O5. The first-order valence-electron chi connectivity index (χ1n) is 10.6. The molecule has 33 heavy (non-hydrogen) atoms. The molecule has 3 amide bonds. The Balaban J connectivity index is 1.58. The molecule has 0 unspecified atom stereocenters. The summed E-state index contributed by atoms with van der Waals surface area (Å²) in [7, 11) is 0. The summed E-state index contributed by atoms with van der Waals surface area (Å²) in [6, 6.07) is 10.3. The molecule has 1 aliphatic heterocycles. The summed E-state index contributed by atoms with van der Waals surface area (Å²) < 4.78 is 0. The van der Waals surface area contributed by atoms with E-state index in [2.05, 4.69) is 0 Å². The lowest BCUT2D eigenvalue weighted by Gasteiger charge is -2.31. The number of rotatable bonds is 5. The lowest BCUT2D eigenvalue weighted by atomic mass is 9.81. The Labute approximate surface area is 199 Å². The topological polar surface area (TPSA) is 101 Å². The largest absolute Gasteiger partial charge is 0.275 e. The number of nitro benzene ring substituents is 1. The van der Waals surface area contributed by atoms with E-state index in [9.17, 15) is 24.5 Å². The molecule has 3 fully saturated rings. The molecule has 2 saturated carbocycles. The number of nitrogens with zero attached hydrogens (tertiary/aromatic N) is 3. The molecule has 2 aliphatic carbocycles. The fourth-order valence-electron chi connectivity index (χ4n) is 5.64. The molecular weight excluding hydrogens is 469 g/mol. The van der Waals surface area contributed by atoms with Crippen LogP contribution in [0.5, 0.6) is 0 Å². The van der Waals surface area contributed by atoms with Crippen LogP contribution in [0.4, 0.5) is 5.69 Å². The molecule has 4 atom stereocenters. The van der Waals surface area contributed by atoms with Crippen LogP contribution in [0, 0.1) is 33.8 Å². The van der Waals surface area contributed by atoms with Gasteiger partial charge in [-0.3, -0.25) is 24.5 Å². The predicted octanol–water partition coefficient (Wildman–Crippen LogP) is 4.49. The van der Waals surface area contributed by atoms with Crippen LogP contribution in [-0.2, 0) is 16.1 Å². The molecule has 0 aromatic heterocycles. The van der Waals surface area contributed by atoms with Gasteiger partial charge in [-0.2, -0.15) is 5.01 Å². The van der Waals surface area contributed by atoms with Crippen LogP contribution in [0.15, 0.2) is 42.5 Å². The molecule has 8 nitrogen and oxygen atoms in total. The molecule has 1 heterocycles. The maximum Gasteiger partial charge on any atom is 0.275 e. The lowest BCUT2D eigenvalue weighted by molar-refractivity contribution is -0.385. The van der Waals surface area contributed by atoms with E-state index >= 15 is 0 Å². The Hall–Kier alpha value is -2.97. The Morgan fingerprint density at radius 2 is 1.70 bits per heavy atom. The van der Waals surface area contributed by atoms with E-state index in [1.54, 1.807) is 12.1 Å². The zero-order chi connectivity index (χ0) is 23.4. The average molecular weight is 488 g/mol. The Morgan fingerprint density at radius 3 is 2.30 bits per heavy atom. The summed E-state index contributed by atoms with van der Waals surface area (Å²) in [6.45, 7) is -0.357. The highest BCUT2D eigenvalue weighted by Gasteiger charge is 2.62. The molecule has 2 bridgehead atoms. The molecule has 5 rings (SSSR count). The maximum absolute atomic E-state index is 13.6. The fourth-order valence-corrected chi connectivity index (χ4v) is 6.02. The van der Waals surface area contributed by atoms with E-state index in [0.29, 0.717) is 0 Å². The van der Waals surface area contributed by atoms with Gasteiger partial charge in [-0.1, -0.05) is 35.3 Å². The number of carbonyl (C=O) groups is 3. The lowest BCUT2D eigenvalue weighted by Crippen LogP contribution is -2.50. The van der Waals surface area contributed by atoms with Gasteiger partial charge >= 0.3 is 0 Å². The first-order valence-corrected chi connectivity index (χ1v) is 11.4. The smallest absolute Gasteiger partial charge is 0.272 e. The van der Waals surface area contributed by atoms with E-state index in [0.717, 1.165) is 29.3 Å². The summed E-state index contributed by atoms with van der Waals surface area (Å²) in [5, 5.41) is 13.8. The molecule has 3 aliphatic rings. The highest BCUT2D eigenvalue weighted by molar-refractivity contribution is 6.34. The minimum absolute atomic E-state index is 0.0939. The van der Waals surface area contributed by atoms with Gasteiger partial charge in [0, 0.05) is 11.1 Å². The summed E-state index contributed by atoms with van der Waals surface area (Å²) in [5.74, 6) is -2.16. The fraction of sp³-hybridized carbons (Fsp3) is 0.348. The highest BCUT2D eigenvalue weighted by atomic mass is 35.5. The number of halogens is 2. The number of fused-ring (bicyclic) bond motifs is 5. The van der Waals surface area contributed by atoms with Gasteiger partial charge in [0.1, 0.15) is 0 Å². The molecule has 0 radical (unpaired) electrons. The molecule has 1 saturated heterocycles. The summed E-state index contributed by atoms with van der Waals surface area (Å²) >= 11 is 12.2. The Morgan fingerprint density at radius 1 is 1.06 bits per heavy atom. The Kier molecular flexibility index (Phi) is 5.37. The SMILES string of the molecule is O=C(c1ccccc1Cl)N(Cc1ccc(Cl)cc1[N+](=O)[O-])N1C(=O)[C@@H]2[C@H]3CC[C@@H](C3)[C@@H]2C1=O. The number of amides is 3. The van der Waals surface area contributed by atoms with E-state index < -0.39 is 34.5 Å². The first-order chi connectivity index (χ1) is 15.8. The molecule has 2 aromatic rings. The molecule has 0 N–H and O–H groups in total. The number of nitro groups is 1. The molecule has 0 spiro atoms. The van der Waals surface area contributed by atoms with Crippen LogP contribution < -0.4 is 0 Å². The van der Waals surface area contributed by atoms with Crippen molar-refractivity contribution in [2.24, 2.45) is 23.7 Å². The second-order valence-corrected chi connectivity index (χ2v) is 9.59. The van der Waals surface area contributed by atoms with Crippen LogP contribution >= 0.6 is 23.2 Å². The van der Waals surface area contributed by atoms with Crippen molar-refractivity contribution in [3.8, 4) is 0 Å². The summed E-state index contributed by atoms with van der Waals surface area (Å²) in [6.07, 6.45) is 2.63. The van der Waals surface area contributed by atoms with Crippen LogP contribution in [0.2, 0.25) is 10.0 Å². The van der Waals surface area contributed by atoms with Crippen LogP contribution in [-0.4, -0.2) is 32.7 Å². The van der Waals surface area contributed by atoms with Gasteiger partial charge in [-0.25, -0.2) is 5.01 Å². The van der Waals surface area contributed by atoms with Gasteiger partial charge in [-0.15, -0.1) is 0 Å². The summed E-state index contributed by atoms with van der Waals surface area (Å²) in [5.41, 5.74) is -0.0688. The van der Waals surface area contributed by atoms with Crippen molar-refractivity contribution in [1.29, 1.82) is 0 Å². The van der Waals surface area contributed by atoms with Crippen molar-refractivity contribution in [2.75, 3.05) is 0 Å². The van der Waals surface area contributed by atoms with Gasteiger partial charge in [0.25, 0.3) is 23.4 Å². The van der Waals surface area contributed by atoms with E-state index in [1.807, 2.05) is 0 Å². The van der Waals surface area contributed by atoms with Crippen molar-refractivity contribution in [2.45, 2.75) is 25.8 Å². The average Bonchev–Trinajstić information content (AvgIpc) is 3.47. The summed E-state index contributed by atoms with van der Waals surface area (Å²) in [4.78, 5) is 51.5. The number of hydrogen-bond acceptors (Lipinski definition) is 5. The zero-order valence-electron chi connectivity index (χ0n) is 17.3. The standard InChI is InChI=1S/C23H19Cl2N3O5/c24-15-8-7-14(18(10-15)28(32)33)11-26(21(29)16-3-1-2-4-17(16)25)27-22(30)19-12-5-6-13(9-12)20(19)23(27)31/h1-4,7-8,10,12-13,19-20H,5-6,9,11H2/t12-,13-,19-,20+/m0/s1. The Bertz CT molecular complexity index is 1170. The quantitative estimate of drug-likeness (QED) is 0.351. The van der Waals surface area contributed by atoms with Crippen LogP contribution in [0.25, 0.3) is 0 Å². The molecule has 170 valence electrons. The van der Waals surface area contributed by atoms with Crippen molar-refractivity contribution >= 4 is 46.6 Å². The van der Waals surface area contributed by atoms with E-state index in [-0.39, 0.29) is 45.2 Å². The number of hydrazine groups is 1. The van der Waals surface area contributed by atoms with Crippen LogP contribution in [0.3, 0.4) is 0 Å². The normalized spacial score (nSPS) is 25.5. The third-order valence-electron chi connectivity index (χ3n) is 7.05. The first kappa shape index (κ1) is 21.9. The van der Waals surface area contributed by atoms with Gasteiger partial charge < -0.3 is 0 Å². The van der Waals surface area contributed by atoms with Gasteiger partial charge in [0.15, 0.2) is 0 Å². The van der Waals surface area contributed by atoms with Crippen molar-refractivity contribution in [1.82, 2.24) is 10.0 Å². The number of imide groups is 1. The maximum atomic E-state index is 13.6. The van der Waals surface area contributed by atoms with E-state index in [1.165, 1.54) is 30.3 Å². The third kappa shape index (κ3) is 3.48. The van der Waals surface area contributed by atoms with Crippen molar-refractivity contribution in [3.05, 3.63) is 73.8 Å². The third-order valence-corrected chi connectivity index (χ3v) is 7.61.